The molecular formula is C26H42O3. The molecule has 0 unspecified atom stereocenters. The monoisotopic (exact) mass is 402 g/mol. The molecule has 0 aromatic carbocycles. The van der Waals surface area contributed by atoms with Gasteiger partial charge in [-0.1, -0.05) is 34.6 Å². The van der Waals surface area contributed by atoms with Crippen molar-refractivity contribution in [1.29, 1.82) is 0 Å². The van der Waals surface area contributed by atoms with Crippen LogP contribution in [0, 0.1) is 45.3 Å². The molecule has 0 spiro atoms. The van der Waals surface area contributed by atoms with Gasteiger partial charge >= 0.3 is 5.97 Å². The SMILES string of the molecule is CC(=O)O[C@H]1CC[C@@]2(C)[C@H](CC[C@]3(C)[C@@H]2CC[C@@H]2[C@@H](C(C)=O)CC[C@]23C)C1(C)C. The highest BCUT2D eigenvalue weighted by atomic mass is 16.5. The summed E-state index contributed by atoms with van der Waals surface area (Å²) in [6, 6.07) is 0. The van der Waals surface area contributed by atoms with E-state index in [2.05, 4.69) is 34.6 Å². The van der Waals surface area contributed by atoms with Gasteiger partial charge < -0.3 is 4.74 Å². The predicted octanol–water partition coefficient (Wildman–Crippen LogP) is 6.19. The standard InChI is InChI=1S/C26H42O3/c1-16(27)18-10-14-25(6)19(18)8-9-21-24(5)13-12-22(29-17(2)28)23(3,4)20(24)11-15-26(21,25)7/h18-22H,8-15H2,1-7H3/t18-,19-,20-,21-,22+,24+,25-,26-/m1/s1. The molecule has 29 heavy (non-hydrogen) atoms. The van der Waals surface area contributed by atoms with E-state index >= 15 is 0 Å². The van der Waals surface area contributed by atoms with Crippen molar-refractivity contribution < 1.29 is 14.3 Å². The van der Waals surface area contributed by atoms with Gasteiger partial charge in [-0.3, -0.25) is 9.59 Å². The van der Waals surface area contributed by atoms with Gasteiger partial charge in [0.25, 0.3) is 0 Å². The first-order valence-electron chi connectivity index (χ1n) is 12.1. The fourth-order valence-electron chi connectivity index (χ4n) is 9.62. The Morgan fingerprint density at radius 1 is 0.759 bits per heavy atom. The molecule has 4 fully saturated rings. The number of rotatable bonds is 2. The number of hydrogen-bond donors (Lipinski definition) is 0. The van der Waals surface area contributed by atoms with Crippen molar-refractivity contribution in [3.63, 3.8) is 0 Å². The third kappa shape index (κ3) is 2.74. The maximum absolute atomic E-state index is 12.4. The van der Waals surface area contributed by atoms with Gasteiger partial charge in [0.15, 0.2) is 0 Å². The predicted molar refractivity (Wildman–Crippen MR) is 115 cm³/mol. The zero-order valence-corrected chi connectivity index (χ0v) is 19.8. The molecule has 0 aliphatic heterocycles. The minimum atomic E-state index is -0.137. The first kappa shape index (κ1) is 21.4. The van der Waals surface area contributed by atoms with E-state index in [1.54, 1.807) is 6.92 Å². The van der Waals surface area contributed by atoms with E-state index in [9.17, 15) is 9.59 Å². The summed E-state index contributed by atoms with van der Waals surface area (Å²) < 4.78 is 5.81. The molecule has 3 heteroatoms. The number of Topliss-reactive ketones (excluding diaryl/α,β-unsaturated/α-hetero) is 1. The van der Waals surface area contributed by atoms with Crippen LogP contribution in [0.4, 0.5) is 0 Å². The highest BCUT2D eigenvalue weighted by Crippen LogP contribution is 2.75. The zero-order valence-electron chi connectivity index (χ0n) is 19.8. The summed E-state index contributed by atoms with van der Waals surface area (Å²) in [5.41, 5.74) is 0.928. The van der Waals surface area contributed by atoms with Crippen molar-refractivity contribution >= 4 is 11.8 Å². The van der Waals surface area contributed by atoms with E-state index < -0.39 is 0 Å². The number of fused-ring (bicyclic) bond motifs is 5. The number of ether oxygens (including phenoxy) is 1. The van der Waals surface area contributed by atoms with E-state index in [1.165, 1.54) is 32.1 Å². The van der Waals surface area contributed by atoms with E-state index in [1.807, 2.05) is 6.92 Å². The lowest BCUT2D eigenvalue weighted by atomic mass is 9.35. The largest absolute Gasteiger partial charge is 0.462 e. The van der Waals surface area contributed by atoms with Crippen LogP contribution in [-0.4, -0.2) is 17.9 Å². The van der Waals surface area contributed by atoms with Crippen LogP contribution in [0.2, 0.25) is 0 Å². The lowest BCUT2D eigenvalue weighted by Crippen LogP contribution is -2.64. The number of ketones is 1. The van der Waals surface area contributed by atoms with Crippen LogP contribution in [0.3, 0.4) is 0 Å². The fraction of sp³-hybridized carbons (Fsp3) is 0.923. The molecule has 4 rings (SSSR count). The van der Waals surface area contributed by atoms with Crippen LogP contribution in [0.5, 0.6) is 0 Å². The lowest BCUT2D eigenvalue weighted by molar-refractivity contribution is -0.226. The van der Waals surface area contributed by atoms with Gasteiger partial charge in [-0.05, 0) is 92.3 Å². The second-order valence-corrected chi connectivity index (χ2v) is 12.4. The van der Waals surface area contributed by atoms with Gasteiger partial charge in [-0.2, -0.15) is 0 Å². The van der Waals surface area contributed by atoms with E-state index in [4.69, 9.17) is 4.74 Å². The first-order chi connectivity index (χ1) is 13.4. The Bertz CT molecular complexity index is 711. The second-order valence-electron chi connectivity index (χ2n) is 12.4. The Kier molecular flexibility index (Phi) is 4.84. The lowest BCUT2D eigenvalue weighted by Gasteiger charge is -2.69. The van der Waals surface area contributed by atoms with E-state index in [-0.39, 0.29) is 22.9 Å². The van der Waals surface area contributed by atoms with Crippen LogP contribution in [0.25, 0.3) is 0 Å². The molecule has 0 N–H and O–H groups in total. The Balaban J connectivity index is 1.68. The van der Waals surface area contributed by atoms with Gasteiger partial charge in [0, 0.05) is 18.3 Å². The summed E-state index contributed by atoms with van der Waals surface area (Å²) in [4.78, 5) is 24.1. The molecule has 4 saturated carbocycles. The zero-order chi connectivity index (χ0) is 21.4. The molecule has 0 bridgehead atoms. The van der Waals surface area contributed by atoms with Crippen LogP contribution < -0.4 is 0 Å². The minimum absolute atomic E-state index is 0.0232. The fourth-order valence-corrected chi connectivity index (χ4v) is 9.62. The molecular weight excluding hydrogens is 360 g/mol. The highest BCUT2D eigenvalue weighted by Gasteiger charge is 2.69. The maximum Gasteiger partial charge on any atom is 0.302 e. The normalized spacial score (nSPS) is 50.8. The second kappa shape index (κ2) is 6.57. The molecule has 0 aromatic heterocycles. The molecule has 0 amide bonds. The average molecular weight is 403 g/mol. The van der Waals surface area contributed by atoms with Crippen LogP contribution in [0.1, 0.15) is 99.8 Å². The third-order valence-corrected chi connectivity index (χ3v) is 11.2. The van der Waals surface area contributed by atoms with E-state index in [0.29, 0.717) is 40.3 Å². The molecule has 3 nitrogen and oxygen atoms in total. The van der Waals surface area contributed by atoms with Crippen molar-refractivity contribution in [2.24, 2.45) is 45.3 Å². The minimum Gasteiger partial charge on any atom is -0.462 e. The van der Waals surface area contributed by atoms with Gasteiger partial charge in [0.05, 0.1) is 0 Å². The van der Waals surface area contributed by atoms with Gasteiger partial charge in [0.1, 0.15) is 11.9 Å². The smallest absolute Gasteiger partial charge is 0.302 e. The molecule has 0 aromatic rings. The van der Waals surface area contributed by atoms with E-state index in [0.717, 1.165) is 19.3 Å². The number of carbonyl (C=O) groups is 2. The van der Waals surface area contributed by atoms with Crippen molar-refractivity contribution in [2.45, 2.75) is 106 Å². The Morgan fingerprint density at radius 3 is 2.03 bits per heavy atom. The maximum atomic E-state index is 12.4. The van der Waals surface area contributed by atoms with Crippen molar-refractivity contribution in [2.75, 3.05) is 0 Å². The summed E-state index contributed by atoms with van der Waals surface area (Å²) in [5, 5.41) is 0. The van der Waals surface area contributed by atoms with Crippen molar-refractivity contribution in [1.82, 2.24) is 0 Å². The summed E-state index contributed by atoms with van der Waals surface area (Å²) in [5.74, 6) is 2.45. The number of esters is 1. The topological polar surface area (TPSA) is 43.4 Å². The van der Waals surface area contributed by atoms with Gasteiger partial charge in [-0.25, -0.2) is 0 Å². The van der Waals surface area contributed by atoms with Crippen molar-refractivity contribution in [3.8, 4) is 0 Å². The molecule has 164 valence electrons. The van der Waals surface area contributed by atoms with Crippen molar-refractivity contribution in [3.05, 3.63) is 0 Å². The molecule has 0 saturated heterocycles. The molecule has 0 heterocycles. The van der Waals surface area contributed by atoms with Crippen LogP contribution >= 0.6 is 0 Å². The van der Waals surface area contributed by atoms with Gasteiger partial charge in [-0.15, -0.1) is 0 Å². The Hall–Kier alpha value is -0.860. The third-order valence-electron chi connectivity index (χ3n) is 11.2. The number of hydrogen-bond acceptors (Lipinski definition) is 3. The van der Waals surface area contributed by atoms with Crippen LogP contribution in [-0.2, 0) is 14.3 Å². The Morgan fingerprint density at radius 2 is 1.41 bits per heavy atom. The quantitative estimate of drug-likeness (QED) is 0.517. The summed E-state index contributed by atoms with van der Waals surface area (Å²) >= 11 is 0. The summed E-state index contributed by atoms with van der Waals surface area (Å²) in [7, 11) is 0. The number of carbonyl (C=O) groups excluding carboxylic acids is 2. The molecule has 4 aliphatic rings. The average Bonchev–Trinajstić information content (AvgIpc) is 2.96. The van der Waals surface area contributed by atoms with Gasteiger partial charge in [0.2, 0.25) is 0 Å². The first-order valence-corrected chi connectivity index (χ1v) is 12.1. The molecule has 8 atom stereocenters. The summed E-state index contributed by atoms with van der Waals surface area (Å²) in [6.45, 7) is 15.7. The Labute approximate surface area is 177 Å². The molecule has 0 radical (unpaired) electrons. The molecule has 4 aliphatic carbocycles. The van der Waals surface area contributed by atoms with Crippen LogP contribution in [0.15, 0.2) is 0 Å². The highest BCUT2D eigenvalue weighted by molar-refractivity contribution is 5.79. The summed E-state index contributed by atoms with van der Waals surface area (Å²) in [6.07, 6.45) is 9.47.